The molecule has 7 nitrogen and oxygen atoms in total. The molecule has 0 spiro atoms. The Hall–Kier alpha value is -4.45. The number of nitrogens with one attached hydrogen (secondary N) is 3. The topological polar surface area (TPSA) is 73.0 Å². The van der Waals surface area contributed by atoms with Crippen LogP contribution in [0.15, 0.2) is 88.6 Å². The van der Waals surface area contributed by atoms with E-state index in [2.05, 4.69) is 143 Å². The van der Waals surface area contributed by atoms with Crippen LogP contribution in [0, 0.1) is 35.0 Å². The molecule has 3 fully saturated rings. The number of hydrogen-bond acceptors (Lipinski definition) is 5. The fraction of sp³-hybridized carbons (Fsp3) is 0.603. The maximum absolute atomic E-state index is 11.9. The predicted octanol–water partition coefficient (Wildman–Crippen LogP) is 14.8. The number of aromatic nitrogens is 2. The van der Waals surface area contributed by atoms with Crippen LogP contribution in [0.2, 0.25) is 0 Å². The third kappa shape index (κ3) is 8.38. The normalized spacial score (nSPS) is 38.1. The van der Waals surface area contributed by atoms with Gasteiger partial charge in [0.2, 0.25) is 0 Å². The van der Waals surface area contributed by atoms with E-state index in [0.717, 1.165) is 50.9 Å². The average molecular weight is 1000 g/mol. The summed E-state index contributed by atoms with van der Waals surface area (Å²) in [6.07, 6.45) is 59.2. The molecule has 15 atom stereocenters. The van der Waals surface area contributed by atoms with Gasteiger partial charge in [0, 0.05) is 75.7 Å². The van der Waals surface area contributed by atoms with Crippen LogP contribution in [0.3, 0.4) is 0 Å². The van der Waals surface area contributed by atoms with Crippen LogP contribution < -0.4 is 16.0 Å². The van der Waals surface area contributed by atoms with Crippen molar-refractivity contribution in [2.45, 2.75) is 235 Å². The summed E-state index contributed by atoms with van der Waals surface area (Å²) in [4.78, 5) is 3.11. The highest BCUT2D eigenvalue weighted by molar-refractivity contribution is 5.76. The molecule has 3 N–H and O–H groups in total. The fourth-order valence-electron chi connectivity index (χ4n) is 18.6. The lowest BCUT2D eigenvalue weighted by Crippen LogP contribution is -2.70. The lowest BCUT2D eigenvalue weighted by Gasteiger charge is -2.48. The van der Waals surface area contributed by atoms with Crippen molar-refractivity contribution in [3.05, 3.63) is 134 Å². The minimum absolute atomic E-state index is 0.00855. The lowest BCUT2D eigenvalue weighted by atomic mass is 9.71. The zero-order valence-electron chi connectivity index (χ0n) is 46.0. The minimum Gasteiger partial charge on any atom is -0.343 e. The zero-order valence-corrected chi connectivity index (χ0v) is 46.0. The van der Waals surface area contributed by atoms with Gasteiger partial charge in [-0.3, -0.25) is 20.9 Å². The van der Waals surface area contributed by atoms with Gasteiger partial charge in [-0.25, -0.2) is 0 Å². The third-order valence-corrected chi connectivity index (χ3v) is 21.5. The second-order valence-electron chi connectivity index (χ2n) is 26.2. The van der Waals surface area contributed by atoms with Gasteiger partial charge in [-0.05, 0) is 176 Å². The second kappa shape index (κ2) is 20.1. The summed E-state index contributed by atoms with van der Waals surface area (Å²) in [5.74, 6) is 2.91. The van der Waals surface area contributed by atoms with Crippen molar-refractivity contribution in [2.75, 3.05) is 0 Å². The second-order valence-corrected chi connectivity index (χ2v) is 26.2. The Morgan fingerprint density at radius 3 is 2.17 bits per heavy atom. The molecule has 0 aromatic carbocycles. The molecule has 12 aliphatic rings. The van der Waals surface area contributed by atoms with Crippen LogP contribution in [0.5, 0.6) is 0 Å². The van der Waals surface area contributed by atoms with Crippen LogP contribution in [0.1, 0.15) is 231 Å². The highest BCUT2D eigenvalue weighted by Crippen LogP contribution is 2.58. The quantitative estimate of drug-likeness (QED) is 0.241. The van der Waals surface area contributed by atoms with E-state index in [-0.39, 0.29) is 36.5 Å². The van der Waals surface area contributed by atoms with Gasteiger partial charge in [0.15, 0.2) is 0 Å². The SMILES string of the molecule is CC1=Cc2c3c(n(C4CC(n5c6c(c7c5CCC5C7C7CCCCC7N5C5C=CCCC5)C=CCC6)C(C#N)C=C4C4NC(C5=CCCC(C6CC=CCC6)=C5)NC(C5C=CCCC5)N4)c2C(C)C1)C(C)CC(C)=C3. The number of likely N-dealkylation sites (tertiary alicyclic amines) is 1. The number of fused-ring (bicyclic) bond motifs is 10. The largest absolute Gasteiger partial charge is 0.343 e. The van der Waals surface area contributed by atoms with Crippen molar-refractivity contribution >= 4 is 18.2 Å². The van der Waals surface area contributed by atoms with Gasteiger partial charge in [-0.2, -0.15) is 5.26 Å². The van der Waals surface area contributed by atoms with Crippen molar-refractivity contribution in [2.24, 2.45) is 23.7 Å². The minimum atomic E-state index is -0.249. The molecule has 2 aliphatic heterocycles. The summed E-state index contributed by atoms with van der Waals surface area (Å²) in [5, 5.41) is 24.8. The van der Waals surface area contributed by atoms with Gasteiger partial charge >= 0.3 is 0 Å². The summed E-state index contributed by atoms with van der Waals surface area (Å²) < 4.78 is 5.85. The molecule has 2 aromatic heterocycles. The van der Waals surface area contributed by atoms with Crippen LogP contribution in [-0.2, 0) is 12.8 Å². The standard InChI is InChI=1S/C68H87N7/c1-41-33-43(3)64-53(35-41)54-36-42(2)34-44(4)65(54)75(64)61-39-60(74-57-30-17-15-28-52(57)63-59(74)32-31-58-62(63)51-27-14-16-29-56(51)73(58)50-25-12-7-13-26-50)49(40-69)38-55(61)68-71-66(46-21-10-6-11-22-46)70-67(72-68)48-24-18-23-47(37-48)45-19-8-5-9-20-45/h5,8,10,12,15,21,24-25,28,35-38,43-46,49-51,56,58,60-62,66-68,70-72H,6-7,9,11,13-14,16-20,22-23,26-27,29-34,39H2,1-4H3. The number of hydrogen-bond donors (Lipinski definition) is 3. The van der Waals surface area contributed by atoms with Gasteiger partial charge in [0.1, 0.15) is 0 Å². The molecule has 4 heterocycles. The summed E-state index contributed by atoms with van der Waals surface area (Å²) in [6, 6.07) is 5.14. The zero-order chi connectivity index (χ0) is 50.5. The van der Waals surface area contributed by atoms with E-state index in [1.165, 1.54) is 141 Å². The van der Waals surface area contributed by atoms with Gasteiger partial charge in [-0.1, -0.05) is 122 Å². The van der Waals surface area contributed by atoms with Crippen LogP contribution in [-0.4, -0.2) is 50.7 Å². The van der Waals surface area contributed by atoms with Crippen molar-refractivity contribution in [1.29, 1.82) is 5.26 Å². The van der Waals surface area contributed by atoms with Crippen molar-refractivity contribution in [3.63, 3.8) is 0 Å². The third-order valence-electron chi connectivity index (χ3n) is 21.5. The first-order chi connectivity index (χ1) is 36.8. The lowest BCUT2D eigenvalue weighted by molar-refractivity contribution is 0.106. The summed E-state index contributed by atoms with van der Waals surface area (Å²) in [7, 11) is 0. The molecule has 14 rings (SSSR count). The number of rotatable bonds is 7. The van der Waals surface area contributed by atoms with E-state index < -0.39 is 0 Å². The molecule has 75 heavy (non-hydrogen) atoms. The van der Waals surface area contributed by atoms with Crippen molar-refractivity contribution in [3.8, 4) is 6.07 Å². The maximum Gasteiger partial charge on any atom is 0.0858 e. The predicted molar refractivity (Wildman–Crippen MR) is 308 cm³/mol. The van der Waals surface area contributed by atoms with Crippen LogP contribution >= 0.6 is 0 Å². The molecule has 1 saturated carbocycles. The van der Waals surface area contributed by atoms with E-state index in [1.807, 2.05) is 0 Å². The summed E-state index contributed by atoms with van der Waals surface area (Å²) >= 11 is 0. The fourth-order valence-corrected chi connectivity index (χ4v) is 18.6. The summed E-state index contributed by atoms with van der Waals surface area (Å²) in [5.41, 5.74) is 19.8. The summed E-state index contributed by atoms with van der Waals surface area (Å²) in [6.45, 7) is 9.75. The monoisotopic (exact) mass is 1000 g/mol. The molecular weight excluding hydrogens is 915 g/mol. The number of allylic oxidation sites excluding steroid dienone is 10. The molecule has 2 saturated heterocycles. The Labute approximate surface area is 450 Å². The smallest absolute Gasteiger partial charge is 0.0858 e. The van der Waals surface area contributed by atoms with Crippen molar-refractivity contribution < 1.29 is 0 Å². The molecule has 7 heteroatoms. The molecule has 0 radical (unpaired) electrons. The first kappa shape index (κ1) is 48.9. The molecular formula is C68H87N7. The molecule has 2 aromatic rings. The van der Waals surface area contributed by atoms with Crippen molar-refractivity contribution in [1.82, 2.24) is 30.0 Å². The van der Waals surface area contributed by atoms with Gasteiger partial charge < -0.3 is 9.13 Å². The van der Waals surface area contributed by atoms with Crippen LogP contribution in [0.4, 0.5) is 0 Å². The number of nitrogens with zero attached hydrogens (tertiary/aromatic N) is 4. The Balaban J connectivity index is 0.928. The van der Waals surface area contributed by atoms with E-state index in [9.17, 15) is 5.26 Å². The van der Waals surface area contributed by atoms with E-state index in [4.69, 9.17) is 0 Å². The Morgan fingerprint density at radius 1 is 0.640 bits per heavy atom. The average Bonchev–Trinajstić information content (AvgIpc) is 4.14. The Bertz CT molecular complexity index is 2860. The highest BCUT2D eigenvalue weighted by Gasteiger charge is 2.55. The highest BCUT2D eigenvalue weighted by atomic mass is 15.4. The number of nitriles is 1. The van der Waals surface area contributed by atoms with Gasteiger partial charge in [0.05, 0.1) is 42.6 Å². The van der Waals surface area contributed by atoms with Crippen LogP contribution in [0.25, 0.3) is 18.2 Å². The Morgan fingerprint density at radius 2 is 1.43 bits per heavy atom. The molecule has 0 bridgehead atoms. The molecule has 15 unspecified atom stereocenters. The first-order valence-electron chi connectivity index (χ1n) is 30.9. The maximum atomic E-state index is 11.9. The van der Waals surface area contributed by atoms with E-state index >= 15 is 0 Å². The molecule has 394 valence electrons. The first-order valence-corrected chi connectivity index (χ1v) is 30.9. The Kier molecular flexibility index (Phi) is 13.1. The van der Waals surface area contributed by atoms with E-state index in [1.54, 1.807) is 28.1 Å². The molecule has 10 aliphatic carbocycles. The molecule has 0 amide bonds. The van der Waals surface area contributed by atoms with E-state index in [0.29, 0.717) is 47.7 Å². The van der Waals surface area contributed by atoms with Gasteiger partial charge in [0.25, 0.3) is 0 Å². The van der Waals surface area contributed by atoms with Gasteiger partial charge in [-0.15, -0.1) is 0 Å².